The Balaban J connectivity index is 0. The molecule has 0 saturated carbocycles. The Morgan fingerprint density at radius 1 is 1.57 bits per heavy atom. The van der Waals surface area contributed by atoms with Crippen LogP contribution < -0.4 is 5.32 Å². The van der Waals surface area contributed by atoms with Crippen molar-refractivity contribution in [3.8, 4) is 0 Å². The highest BCUT2D eigenvalue weighted by Gasteiger charge is 2.16. The summed E-state index contributed by atoms with van der Waals surface area (Å²) < 4.78 is 0. The molecule has 5 heteroatoms. The minimum Gasteiger partial charge on any atom is -0.480 e. The molecule has 0 spiro atoms. The molecule has 0 aromatic heterocycles. The largest absolute Gasteiger partial charge is 0.480 e. The number of nitrogens with one attached hydrogen (secondary N) is 2. The van der Waals surface area contributed by atoms with E-state index in [9.17, 15) is 4.79 Å². The van der Waals surface area contributed by atoms with Gasteiger partial charge in [0.15, 0.2) is 0 Å². The average Bonchev–Trinajstić information content (AvgIpc) is 2.04. The first kappa shape index (κ1) is 15.3. The zero-order chi connectivity index (χ0) is 11.6. The molecule has 82 valence electrons. The fourth-order valence-corrected chi connectivity index (χ4v) is 0.989. The van der Waals surface area contributed by atoms with Crippen LogP contribution in [0.3, 0.4) is 0 Å². The first-order valence-electron chi connectivity index (χ1n) is 4.49. The molecule has 0 aromatic rings. The quantitative estimate of drug-likeness (QED) is 0.458. The highest BCUT2D eigenvalue weighted by Crippen LogP contribution is 2.04. The summed E-state index contributed by atoms with van der Waals surface area (Å²) in [6, 6.07) is -0.375. The van der Waals surface area contributed by atoms with E-state index >= 15 is 0 Å². The van der Waals surface area contributed by atoms with Crippen molar-refractivity contribution in [1.29, 1.82) is 5.41 Å². The summed E-state index contributed by atoms with van der Waals surface area (Å²) in [5.41, 5.74) is 0. The van der Waals surface area contributed by atoms with E-state index in [4.69, 9.17) is 15.3 Å². The van der Waals surface area contributed by atoms with Crippen molar-refractivity contribution in [2.24, 2.45) is 5.92 Å². The minimum absolute atomic E-state index is 0.375. The molecule has 14 heavy (non-hydrogen) atoms. The molecular weight excluding hydrogens is 184 g/mol. The molecule has 0 aromatic carbocycles. The van der Waals surface area contributed by atoms with E-state index in [1.54, 1.807) is 0 Å². The van der Waals surface area contributed by atoms with Gasteiger partial charge >= 0.3 is 5.97 Å². The molecule has 0 aliphatic rings. The first-order chi connectivity index (χ1) is 6.49. The van der Waals surface area contributed by atoms with Gasteiger partial charge in [0.2, 0.25) is 6.08 Å². The third kappa shape index (κ3) is 10.8. The van der Waals surface area contributed by atoms with E-state index in [1.165, 1.54) is 0 Å². The van der Waals surface area contributed by atoms with Gasteiger partial charge in [0, 0.05) is 0 Å². The number of carboxylic acids is 1. The van der Waals surface area contributed by atoms with Crippen molar-refractivity contribution in [3.05, 3.63) is 0 Å². The third-order valence-corrected chi connectivity index (χ3v) is 1.46. The molecule has 5 nitrogen and oxygen atoms in total. The molecule has 1 atom stereocenters. The molecule has 0 heterocycles. The van der Waals surface area contributed by atoms with E-state index in [0.29, 0.717) is 18.9 Å². The highest BCUT2D eigenvalue weighted by atomic mass is 16.4. The second-order valence-corrected chi connectivity index (χ2v) is 3.18. The zero-order valence-electron chi connectivity index (χ0n) is 8.83. The number of carboxylic acid groups (broad SMARTS) is 1. The Morgan fingerprint density at radius 2 is 2.00 bits per heavy atom. The predicted octanol–water partition coefficient (Wildman–Crippen LogP) is 0.996. The van der Waals surface area contributed by atoms with Crippen molar-refractivity contribution in [2.75, 3.05) is 6.54 Å². The van der Waals surface area contributed by atoms with Gasteiger partial charge in [0.25, 0.3) is 0 Å². The normalized spacial score (nSPS) is 11.1. The second-order valence-electron chi connectivity index (χ2n) is 3.18. The van der Waals surface area contributed by atoms with E-state index in [-0.39, 0.29) is 6.04 Å². The number of carbonyl (C=O) groups excluding carboxylic acids is 1. The van der Waals surface area contributed by atoms with E-state index in [2.05, 4.69) is 5.32 Å². The number of rotatable bonds is 5. The Labute approximate surface area is 84.0 Å². The van der Waals surface area contributed by atoms with Crippen LogP contribution in [-0.2, 0) is 9.59 Å². The molecule has 0 aliphatic heterocycles. The van der Waals surface area contributed by atoms with Crippen LogP contribution in [0.4, 0.5) is 0 Å². The van der Waals surface area contributed by atoms with Gasteiger partial charge in [-0.25, -0.2) is 10.2 Å². The van der Waals surface area contributed by atoms with Crippen LogP contribution in [0, 0.1) is 11.3 Å². The van der Waals surface area contributed by atoms with Gasteiger partial charge in [-0.3, -0.25) is 4.79 Å². The Hall–Kier alpha value is -1.19. The number of hydrogen-bond donors (Lipinski definition) is 3. The molecule has 0 bridgehead atoms. The lowest BCUT2D eigenvalue weighted by atomic mass is 10.0. The van der Waals surface area contributed by atoms with Gasteiger partial charge in [-0.15, -0.1) is 0 Å². The second kappa shape index (κ2) is 9.89. The summed E-state index contributed by atoms with van der Waals surface area (Å²) in [6.45, 7) is 6.67. The highest BCUT2D eigenvalue weighted by molar-refractivity contribution is 5.73. The topological polar surface area (TPSA) is 90.2 Å². The zero-order valence-corrected chi connectivity index (χ0v) is 8.83. The summed E-state index contributed by atoms with van der Waals surface area (Å²) in [5.74, 6) is -0.323. The lowest BCUT2D eigenvalue weighted by Gasteiger charge is -2.14. The fourth-order valence-electron chi connectivity index (χ4n) is 0.989. The van der Waals surface area contributed by atoms with E-state index < -0.39 is 5.97 Å². The van der Waals surface area contributed by atoms with Crippen LogP contribution >= 0.6 is 0 Å². The summed E-state index contributed by atoms with van der Waals surface area (Å²) >= 11 is 0. The number of aliphatic carboxylic acids is 1. The number of hydrogen-bond acceptors (Lipinski definition) is 4. The minimum atomic E-state index is -0.749. The average molecular weight is 202 g/mol. The van der Waals surface area contributed by atoms with Gasteiger partial charge in [-0.1, -0.05) is 20.8 Å². The molecular formula is C9H18N2O3. The van der Waals surface area contributed by atoms with E-state index in [0.717, 1.165) is 6.08 Å². The molecule has 0 amide bonds. The Bertz CT molecular complexity index is 186. The molecule has 0 radical (unpaired) electrons. The molecule has 1 unspecified atom stereocenters. The first-order valence-corrected chi connectivity index (χ1v) is 4.49. The predicted molar refractivity (Wildman–Crippen MR) is 53.0 cm³/mol. The number of isocyanates is 1. The van der Waals surface area contributed by atoms with Crippen LogP contribution in [0.5, 0.6) is 0 Å². The summed E-state index contributed by atoms with van der Waals surface area (Å²) in [4.78, 5) is 18.9. The summed E-state index contributed by atoms with van der Waals surface area (Å²) in [5, 5.41) is 17.0. The van der Waals surface area contributed by atoms with Crippen LogP contribution in [0.25, 0.3) is 0 Å². The van der Waals surface area contributed by atoms with Crippen molar-refractivity contribution in [3.63, 3.8) is 0 Å². The summed E-state index contributed by atoms with van der Waals surface area (Å²) in [7, 11) is 0. The van der Waals surface area contributed by atoms with Crippen molar-refractivity contribution < 1.29 is 14.7 Å². The maximum Gasteiger partial charge on any atom is 0.320 e. The standard InChI is InChI=1S/C8H17NO2.CHNO/c1-4-9-7(8(10)11)5-6(2)3;2-1-3/h6-7,9H,4-5H2,1-3H3,(H,10,11);2H. The molecule has 0 fully saturated rings. The van der Waals surface area contributed by atoms with Gasteiger partial charge < -0.3 is 10.4 Å². The van der Waals surface area contributed by atoms with Crippen LogP contribution in [-0.4, -0.2) is 29.7 Å². The van der Waals surface area contributed by atoms with Gasteiger partial charge in [0.1, 0.15) is 6.04 Å². The third-order valence-electron chi connectivity index (χ3n) is 1.46. The molecule has 0 rings (SSSR count). The summed E-state index contributed by atoms with van der Waals surface area (Å²) in [6.07, 6.45) is 1.45. The van der Waals surface area contributed by atoms with Crippen LogP contribution in [0.1, 0.15) is 27.2 Å². The number of likely N-dealkylation sites (N-methyl/N-ethyl adjacent to an activating group) is 1. The van der Waals surface area contributed by atoms with Gasteiger partial charge in [0.05, 0.1) is 0 Å². The maximum absolute atomic E-state index is 10.6. The van der Waals surface area contributed by atoms with Crippen molar-refractivity contribution in [2.45, 2.75) is 33.2 Å². The molecule has 3 N–H and O–H groups in total. The van der Waals surface area contributed by atoms with Crippen molar-refractivity contribution in [1.82, 2.24) is 5.32 Å². The molecule has 0 saturated heterocycles. The van der Waals surface area contributed by atoms with Crippen molar-refractivity contribution >= 4 is 12.0 Å². The lowest BCUT2D eigenvalue weighted by molar-refractivity contribution is -0.139. The lowest BCUT2D eigenvalue weighted by Crippen LogP contribution is -2.37. The number of carbonyl (C=O) groups is 1. The Morgan fingerprint density at radius 3 is 2.21 bits per heavy atom. The SMILES string of the molecule is CCNC(CC(C)C)C(=O)O.N=C=O. The van der Waals surface area contributed by atoms with E-state index in [1.807, 2.05) is 20.8 Å². The van der Waals surface area contributed by atoms with Crippen LogP contribution in [0.15, 0.2) is 0 Å². The molecule has 0 aliphatic carbocycles. The maximum atomic E-state index is 10.6. The smallest absolute Gasteiger partial charge is 0.320 e. The van der Waals surface area contributed by atoms with Gasteiger partial charge in [-0.05, 0) is 18.9 Å². The fraction of sp³-hybridized carbons (Fsp3) is 0.778. The monoisotopic (exact) mass is 202 g/mol. The van der Waals surface area contributed by atoms with Gasteiger partial charge in [-0.2, -0.15) is 0 Å². The Kier molecular flexibility index (Phi) is 10.8. The van der Waals surface area contributed by atoms with Crippen LogP contribution in [0.2, 0.25) is 0 Å².